The van der Waals surface area contributed by atoms with Crippen molar-refractivity contribution in [2.24, 2.45) is 0 Å². The highest BCUT2D eigenvalue weighted by atomic mass is 31.2. The average Bonchev–Trinajstić information content (AvgIpc) is 2.38. The highest BCUT2D eigenvalue weighted by Gasteiger charge is 2.28. The van der Waals surface area contributed by atoms with Gasteiger partial charge in [0.05, 0.1) is 7.11 Å². The molecule has 1 N–H and O–H groups in total. The fourth-order valence-corrected chi connectivity index (χ4v) is 2.10. The minimum atomic E-state index is -4.43. The summed E-state index contributed by atoms with van der Waals surface area (Å²) in [5, 5.41) is 0. The zero-order valence-corrected chi connectivity index (χ0v) is 12.8. The van der Waals surface area contributed by atoms with Gasteiger partial charge in [-0.1, -0.05) is 6.58 Å². The Morgan fingerprint density at radius 1 is 1.29 bits per heavy atom. The quantitative estimate of drug-likeness (QED) is 0.358. The van der Waals surface area contributed by atoms with Crippen LogP contribution in [-0.4, -0.2) is 24.3 Å². The van der Waals surface area contributed by atoms with Crippen molar-refractivity contribution in [3.05, 3.63) is 36.4 Å². The number of esters is 1. The Bertz CT molecular complexity index is 552. The summed E-state index contributed by atoms with van der Waals surface area (Å²) in [6, 6.07) is 5.99. The second-order valence-corrected chi connectivity index (χ2v) is 5.42. The smallest absolute Gasteiger partial charge is 0.497 e. The Balaban J connectivity index is 2.61. The molecule has 0 heterocycles. The van der Waals surface area contributed by atoms with Crippen molar-refractivity contribution in [3.63, 3.8) is 0 Å². The van der Waals surface area contributed by atoms with Gasteiger partial charge in [-0.05, 0) is 38.1 Å². The molecule has 21 heavy (non-hydrogen) atoms. The molecule has 0 spiro atoms. The van der Waals surface area contributed by atoms with Crippen molar-refractivity contribution in [3.8, 4) is 11.5 Å². The minimum absolute atomic E-state index is 0.111. The molecule has 1 rings (SSSR count). The van der Waals surface area contributed by atoms with Crippen molar-refractivity contribution < 1.29 is 32.8 Å². The maximum atomic E-state index is 11.8. The summed E-state index contributed by atoms with van der Waals surface area (Å²) in [6.07, 6.45) is -1.26. The Morgan fingerprint density at radius 3 is 2.29 bits per heavy atom. The molecule has 8 heteroatoms. The molecule has 0 radical (unpaired) electrons. The molecule has 0 fully saturated rings. The third-order valence-electron chi connectivity index (χ3n) is 2.18. The molecule has 0 saturated carbocycles. The largest absolute Gasteiger partial charge is 0.530 e. The molecule has 2 atom stereocenters. The van der Waals surface area contributed by atoms with E-state index >= 15 is 0 Å². The van der Waals surface area contributed by atoms with E-state index in [1.54, 1.807) is 12.1 Å². The number of benzene rings is 1. The third kappa shape index (κ3) is 5.99. The molecule has 0 aliphatic carbocycles. The monoisotopic (exact) mass is 316 g/mol. The highest BCUT2D eigenvalue weighted by molar-refractivity contribution is 7.47. The second kappa shape index (κ2) is 7.26. The number of hydrogen-bond acceptors (Lipinski definition) is 6. The van der Waals surface area contributed by atoms with Crippen molar-refractivity contribution in [1.29, 1.82) is 0 Å². The zero-order chi connectivity index (χ0) is 16.0. The summed E-state index contributed by atoms with van der Waals surface area (Å²) in [5.41, 5.74) is 0.147. The van der Waals surface area contributed by atoms with Gasteiger partial charge in [-0.15, -0.1) is 0 Å². The summed E-state index contributed by atoms with van der Waals surface area (Å²) in [6.45, 7) is 6.12. The molecule has 0 aliphatic rings. The van der Waals surface area contributed by atoms with E-state index < -0.39 is 20.1 Å². The molecule has 0 saturated heterocycles. The molecule has 0 aromatic heterocycles. The van der Waals surface area contributed by atoms with E-state index in [4.69, 9.17) is 18.5 Å². The maximum Gasteiger partial charge on any atom is 0.530 e. The fraction of sp³-hybridized carbons (Fsp3) is 0.308. The summed E-state index contributed by atoms with van der Waals surface area (Å²) in [4.78, 5) is 20.8. The Morgan fingerprint density at radius 2 is 1.81 bits per heavy atom. The van der Waals surface area contributed by atoms with Gasteiger partial charge >= 0.3 is 13.8 Å². The summed E-state index contributed by atoms with van der Waals surface area (Å²) >= 11 is 0. The Kier molecular flexibility index (Phi) is 5.96. The molecule has 7 nitrogen and oxygen atoms in total. The summed E-state index contributed by atoms with van der Waals surface area (Å²) < 4.78 is 31.0. The SMILES string of the molecule is C=C(C)C(=O)OC(C)OP(=O)(O)Oc1ccc(OC)cc1. The van der Waals surface area contributed by atoms with Gasteiger partial charge in [0.25, 0.3) is 0 Å². The van der Waals surface area contributed by atoms with Gasteiger partial charge < -0.3 is 14.0 Å². The lowest BCUT2D eigenvalue weighted by atomic mass is 10.3. The normalized spacial score (nSPS) is 14.7. The average molecular weight is 316 g/mol. The number of carbonyl (C=O) groups is 1. The third-order valence-corrected chi connectivity index (χ3v) is 3.19. The molecular formula is C13H17O7P. The van der Waals surface area contributed by atoms with Gasteiger partial charge in [0.15, 0.2) is 0 Å². The Labute approximate surface area is 122 Å². The van der Waals surface area contributed by atoms with Crippen LogP contribution in [0.15, 0.2) is 36.4 Å². The van der Waals surface area contributed by atoms with Gasteiger partial charge in [0.2, 0.25) is 6.29 Å². The van der Waals surface area contributed by atoms with Gasteiger partial charge in [-0.3, -0.25) is 4.89 Å². The standard InChI is InChI=1S/C13H17O7P/c1-9(2)13(14)18-10(3)19-21(15,16)20-12-7-5-11(17-4)6-8-12/h5-8,10H,1H2,2-4H3,(H,15,16). The van der Waals surface area contributed by atoms with Crippen molar-refractivity contribution in [2.75, 3.05) is 7.11 Å². The number of phosphoric acid groups is 1. The van der Waals surface area contributed by atoms with E-state index in [0.717, 1.165) is 0 Å². The lowest BCUT2D eigenvalue weighted by Gasteiger charge is -2.18. The van der Waals surface area contributed by atoms with Crippen LogP contribution >= 0.6 is 7.82 Å². The van der Waals surface area contributed by atoms with Gasteiger partial charge in [-0.25, -0.2) is 13.9 Å². The minimum Gasteiger partial charge on any atom is -0.497 e. The maximum absolute atomic E-state index is 11.8. The number of methoxy groups -OCH3 is 1. The van der Waals surface area contributed by atoms with Crippen molar-refractivity contribution in [1.82, 2.24) is 0 Å². The predicted molar refractivity (Wildman–Crippen MR) is 74.9 cm³/mol. The molecule has 1 aromatic rings. The number of carbonyl (C=O) groups excluding carboxylic acids is 1. The fourth-order valence-electron chi connectivity index (χ4n) is 1.25. The number of rotatable bonds is 7. The van der Waals surface area contributed by atoms with Crippen molar-refractivity contribution in [2.45, 2.75) is 20.1 Å². The van der Waals surface area contributed by atoms with Crippen LogP contribution in [0.3, 0.4) is 0 Å². The van der Waals surface area contributed by atoms with E-state index in [2.05, 4.69) is 6.58 Å². The van der Waals surface area contributed by atoms with Crippen LogP contribution in [0.25, 0.3) is 0 Å². The molecular weight excluding hydrogens is 299 g/mol. The first kappa shape index (κ1) is 17.2. The molecule has 0 aliphatic heterocycles. The van der Waals surface area contributed by atoms with Crippen LogP contribution in [0.1, 0.15) is 13.8 Å². The molecule has 0 bridgehead atoms. The second-order valence-electron chi connectivity index (χ2n) is 4.09. The van der Waals surface area contributed by atoms with Gasteiger partial charge in [-0.2, -0.15) is 0 Å². The van der Waals surface area contributed by atoms with Crippen LogP contribution in [-0.2, 0) is 18.6 Å². The first-order chi connectivity index (χ1) is 9.73. The molecule has 2 unspecified atom stereocenters. The van der Waals surface area contributed by atoms with Crippen LogP contribution in [0.4, 0.5) is 0 Å². The van der Waals surface area contributed by atoms with E-state index in [9.17, 15) is 14.3 Å². The van der Waals surface area contributed by atoms with Crippen LogP contribution in [0, 0.1) is 0 Å². The van der Waals surface area contributed by atoms with Gasteiger partial charge in [0.1, 0.15) is 11.5 Å². The van der Waals surface area contributed by atoms with Crippen molar-refractivity contribution >= 4 is 13.8 Å². The van der Waals surface area contributed by atoms with E-state index in [0.29, 0.717) is 5.75 Å². The number of ether oxygens (including phenoxy) is 2. The topological polar surface area (TPSA) is 91.3 Å². The van der Waals surface area contributed by atoms with Crippen LogP contribution in [0.5, 0.6) is 11.5 Å². The predicted octanol–water partition coefficient (Wildman–Crippen LogP) is 2.66. The van der Waals surface area contributed by atoms with E-state index in [1.165, 1.54) is 33.1 Å². The molecule has 116 valence electrons. The lowest BCUT2D eigenvalue weighted by molar-refractivity contribution is -0.157. The number of hydrogen-bond donors (Lipinski definition) is 1. The summed E-state index contributed by atoms with van der Waals surface area (Å²) in [7, 11) is -2.93. The molecule has 1 aromatic carbocycles. The molecule has 0 amide bonds. The highest BCUT2D eigenvalue weighted by Crippen LogP contribution is 2.45. The van der Waals surface area contributed by atoms with E-state index in [1.807, 2.05) is 0 Å². The summed E-state index contributed by atoms with van der Waals surface area (Å²) in [5.74, 6) is -0.0493. The zero-order valence-electron chi connectivity index (χ0n) is 11.9. The first-order valence-corrected chi connectivity index (χ1v) is 7.44. The first-order valence-electron chi connectivity index (χ1n) is 5.95. The van der Waals surface area contributed by atoms with Crippen LogP contribution in [0.2, 0.25) is 0 Å². The lowest BCUT2D eigenvalue weighted by Crippen LogP contribution is -2.18. The van der Waals surface area contributed by atoms with Crippen LogP contribution < -0.4 is 9.26 Å². The Hall–Kier alpha value is -1.82. The van der Waals surface area contributed by atoms with E-state index in [-0.39, 0.29) is 11.3 Å². The number of phosphoric ester groups is 1. The van der Waals surface area contributed by atoms with Gasteiger partial charge in [0, 0.05) is 5.57 Å².